The number of nitrogens with zero attached hydrogens (tertiary/aromatic N) is 2. The van der Waals surface area contributed by atoms with E-state index in [4.69, 9.17) is 11.6 Å². The van der Waals surface area contributed by atoms with Crippen LogP contribution in [0.5, 0.6) is 0 Å². The number of rotatable bonds is 2. The molecule has 3 aromatic rings. The second-order valence-corrected chi connectivity index (χ2v) is 4.95. The van der Waals surface area contributed by atoms with Gasteiger partial charge in [0, 0.05) is 5.39 Å². The van der Waals surface area contributed by atoms with Gasteiger partial charge >= 0.3 is 6.18 Å². The SMILES string of the molecule is FC(F)(F)c1cccc(Nc2ccc3cccc(Cl)c3n2)n1. The highest BCUT2D eigenvalue weighted by Gasteiger charge is 2.32. The quantitative estimate of drug-likeness (QED) is 0.717. The van der Waals surface area contributed by atoms with Crippen molar-refractivity contribution < 1.29 is 13.2 Å². The Hall–Kier alpha value is -2.34. The Morgan fingerprint density at radius 3 is 2.36 bits per heavy atom. The molecule has 7 heteroatoms. The van der Waals surface area contributed by atoms with Crippen LogP contribution >= 0.6 is 11.6 Å². The first-order valence-corrected chi connectivity index (χ1v) is 6.68. The molecule has 3 nitrogen and oxygen atoms in total. The van der Waals surface area contributed by atoms with Crippen LogP contribution in [0.25, 0.3) is 10.9 Å². The van der Waals surface area contributed by atoms with Crippen LogP contribution in [0, 0.1) is 0 Å². The second kappa shape index (κ2) is 5.46. The Bertz CT molecular complexity index is 834. The predicted molar refractivity (Wildman–Crippen MR) is 79.3 cm³/mol. The van der Waals surface area contributed by atoms with Gasteiger partial charge in [-0.05, 0) is 30.3 Å². The number of nitrogens with one attached hydrogen (secondary N) is 1. The topological polar surface area (TPSA) is 37.8 Å². The summed E-state index contributed by atoms with van der Waals surface area (Å²) >= 11 is 6.06. The van der Waals surface area contributed by atoms with Crippen molar-refractivity contribution in [2.75, 3.05) is 5.32 Å². The summed E-state index contributed by atoms with van der Waals surface area (Å²) in [6.07, 6.45) is -4.49. The molecule has 0 aliphatic heterocycles. The van der Waals surface area contributed by atoms with Crippen LogP contribution in [0.4, 0.5) is 24.8 Å². The summed E-state index contributed by atoms with van der Waals surface area (Å²) in [5.74, 6) is 0.432. The van der Waals surface area contributed by atoms with Gasteiger partial charge in [0.1, 0.15) is 17.3 Å². The minimum atomic E-state index is -4.49. The predicted octanol–water partition coefficient (Wildman–Crippen LogP) is 5.05. The zero-order chi connectivity index (χ0) is 15.7. The largest absolute Gasteiger partial charge is 0.433 e. The van der Waals surface area contributed by atoms with Gasteiger partial charge in [0.15, 0.2) is 0 Å². The summed E-state index contributed by atoms with van der Waals surface area (Å²) in [6.45, 7) is 0. The van der Waals surface area contributed by atoms with Gasteiger partial charge in [-0.1, -0.05) is 29.8 Å². The summed E-state index contributed by atoms with van der Waals surface area (Å²) < 4.78 is 37.9. The van der Waals surface area contributed by atoms with Crippen LogP contribution < -0.4 is 5.32 Å². The van der Waals surface area contributed by atoms with E-state index in [1.165, 1.54) is 12.1 Å². The van der Waals surface area contributed by atoms with Gasteiger partial charge in [-0.3, -0.25) is 0 Å². The first-order valence-electron chi connectivity index (χ1n) is 6.30. The van der Waals surface area contributed by atoms with E-state index in [-0.39, 0.29) is 5.82 Å². The van der Waals surface area contributed by atoms with E-state index in [1.54, 1.807) is 24.3 Å². The maximum atomic E-state index is 12.6. The van der Waals surface area contributed by atoms with Crippen molar-refractivity contribution in [3.05, 3.63) is 59.2 Å². The number of benzene rings is 1. The Balaban J connectivity index is 1.95. The molecule has 2 aromatic heterocycles. The average Bonchev–Trinajstić information content (AvgIpc) is 2.48. The summed E-state index contributed by atoms with van der Waals surface area (Å²) in [4.78, 5) is 7.83. The summed E-state index contributed by atoms with van der Waals surface area (Å²) in [5, 5.41) is 4.07. The third kappa shape index (κ3) is 2.96. The lowest BCUT2D eigenvalue weighted by Crippen LogP contribution is -2.09. The highest BCUT2D eigenvalue weighted by Crippen LogP contribution is 2.29. The fraction of sp³-hybridized carbons (Fsp3) is 0.0667. The number of alkyl halides is 3. The molecular weight excluding hydrogens is 315 g/mol. The number of halogens is 4. The first-order chi connectivity index (χ1) is 10.4. The summed E-state index contributed by atoms with van der Waals surface area (Å²) in [7, 11) is 0. The number of anilines is 2. The van der Waals surface area contributed by atoms with Crippen molar-refractivity contribution in [3.63, 3.8) is 0 Å². The van der Waals surface area contributed by atoms with Crippen molar-refractivity contribution >= 4 is 34.1 Å². The van der Waals surface area contributed by atoms with Crippen molar-refractivity contribution in [2.24, 2.45) is 0 Å². The van der Waals surface area contributed by atoms with Gasteiger partial charge in [-0.15, -0.1) is 0 Å². The number of hydrogen-bond donors (Lipinski definition) is 1. The monoisotopic (exact) mass is 323 g/mol. The Morgan fingerprint density at radius 2 is 1.59 bits per heavy atom. The van der Waals surface area contributed by atoms with Gasteiger partial charge in [-0.25, -0.2) is 9.97 Å². The molecule has 2 heterocycles. The van der Waals surface area contributed by atoms with Crippen molar-refractivity contribution in [1.82, 2.24) is 9.97 Å². The normalized spacial score (nSPS) is 11.6. The molecule has 0 unspecified atom stereocenters. The van der Waals surface area contributed by atoms with Gasteiger partial charge in [0.05, 0.1) is 10.5 Å². The van der Waals surface area contributed by atoms with E-state index >= 15 is 0 Å². The molecule has 0 aliphatic rings. The van der Waals surface area contributed by atoms with E-state index in [0.29, 0.717) is 16.4 Å². The van der Waals surface area contributed by atoms with Gasteiger partial charge < -0.3 is 5.32 Å². The van der Waals surface area contributed by atoms with Gasteiger partial charge in [0.25, 0.3) is 0 Å². The highest BCUT2D eigenvalue weighted by molar-refractivity contribution is 6.35. The minimum absolute atomic E-state index is 0.0636. The van der Waals surface area contributed by atoms with E-state index in [9.17, 15) is 13.2 Å². The lowest BCUT2D eigenvalue weighted by Gasteiger charge is -2.10. The highest BCUT2D eigenvalue weighted by atomic mass is 35.5. The van der Waals surface area contributed by atoms with Crippen molar-refractivity contribution in [1.29, 1.82) is 0 Å². The van der Waals surface area contributed by atoms with E-state index in [1.807, 2.05) is 6.07 Å². The first kappa shape index (κ1) is 14.6. The smallest absolute Gasteiger partial charge is 0.325 e. The number of pyridine rings is 2. The molecule has 0 aliphatic carbocycles. The van der Waals surface area contributed by atoms with Crippen LogP contribution in [0.2, 0.25) is 5.02 Å². The summed E-state index contributed by atoms with van der Waals surface area (Å²) in [6, 6.07) is 12.4. The average molecular weight is 324 g/mol. The molecule has 0 spiro atoms. The molecule has 3 rings (SSSR count). The number of hydrogen-bond acceptors (Lipinski definition) is 3. The van der Waals surface area contributed by atoms with Crippen LogP contribution in [0.1, 0.15) is 5.69 Å². The van der Waals surface area contributed by atoms with Gasteiger partial charge in [0.2, 0.25) is 0 Å². The standard InChI is InChI=1S/C15H9ClF3N3/c16-10-4-1-3-9-7-8-13(22-14(9)10)21-12-6-2-5-11(20-12)15(17,18)19/h1-8H,(H,20,21,22). The van der Waals surface area contributed by atoms with Crippen LogP contribution in [-0.4, -0.2) is 9.97 Å². The molecule has 0 atom stereocenters. The van der Waals surface area contributed by atoms with E-state index in [0.717, 1.165) is 11.5 Å². The fourth-order valence-corrected chi connectivity index (χ4v) is 2.20. The van der Waals surface area contributed by atoms with Crippen molar-refractivity contribution in [3.8, 4) is 0 Å². The van der Waals surface area contributed by atoms with Gasteiger partial charge in [-0.2, -0.15) is 13.2 Å². The minimum Gasteiger partial charge on any atom is -0.325 e. The van der Waals surface area contributed by atoms with Crippen LogP contribution in [0.3, 0.4) is 0 Å². The molecular formula is C15H9ClF3N3. The zero-order valence-electron chi connectivity index (χ0n) is 11.0. The molecule has 0 radical (unpaired) electrons. The lowest BCUT2D eigenvalue weighted by atomic mass is 10.2. The molecule has 22 heavy (non-hydrogen) atoms. The molecule has 0 bridgehead atoms. The number of aromatic nitrogens is 2. The molecule has 0 amide bonds. The van der Waals surface area contributed by atoms with E-state index < -0.39 is 11.9 Å². The molecule has 0 saturated heterocycles. The Kier molecular flexibility index (Phi) is 3.62. The fourth-order valence-electron chi connectivity index (χ4n) is 1.97. The lowest BCUT2D eigenvalue weighted by molar-refractivity contribution is -0.141. The van der Waals surface area contributed by atoms with Crippen LogP contribution in [-0.2, 0) is 6.18 Å². The molecule has 1 aromatic carbocycles. The molecule has 112 valence electrons. The number of fused-ring (bicyclic) bond motifs is 1. The maximum Gasteiger partial charge on any atom is 0.433 e. The third-order valence-electron chi connectivity index (χ3n) is 2.97. The van der Waals surface area contributed by atoms with Crippen molar-refractivity contribution in [2.45, 2.75) is 6.18 Å². The molecule has 1 N–H and O–H groups in total. The van der Waals surface area contributed by atoms with E-state index in [2.05, 4.69) is 15.3 Å². The zero-order valence-corrected chi connectivity index (χ0v) is 11.8. The Morgan fingerprint density at radius 1 is 0.864 bits per heavy atom. The third-order valence-corrected chi connectivity index (χ3v) is 3.27. The molecule has 0 saturated carbocycles. The Labute approximate surface area is 128 Å². The maximum absolute atomic E-state index is 12.6. The second-order valence-electron chi connectivity index (χ2n) is 4.54. The number of para-hydroxylation sites is 1. The van der Waals surface area contributed by atoms with Crippen LogP contribution in [0.15, 0.2) is 48.5 Å². The molecule has 0 fully saturated rings. The summed E-state index contributed by atoms with van der Waals surface area (Å²) in [5.41, 5.74) is -0.391.